The van der Waals surface area contributed by atoms with E-state index in [1.54, 1.807) is 24.3 Å². The Morgan fingerprint density at radius 1 is 0.946 bits per heavy atom. The average molecular weight is 556 g/mol. The van der Waals surface area contributed by atoms with Gasteiger partial charge in [-0.05, 0) is 92.0 Å². The van der Waals surface area contributed by atoms with Crippen molar-refractivity contribution >= 4 is 66.8 Å². The molecule has 37 heavy (non-hydrogen) atoms. The molecule has 0 spiro atoms. The third kappa shape index (κ3) is 6.99. The first kappa shape index (κ1) is 31.0. The largest absolute Gasteiger partial charge is 0.506 e. The Balaban J connectivity index is 0.00000481. The van der Waals surface area contributed by atoms with Crippen molar-refractivity contribution in [1.29, 1.82) is 0 Å². The normalized spacial score (nSPS) is 16.3. The van der Waals surface area contributed by atoms with Crippen LogP contribution >= 0.6 is 0 Å². The Bertz CT molecular complexity index is 1560. The molecule has 0 heterocycles. The van der Waals surface area contributed by atoms with E-state index in [2.05, 4.69) is 10.3 Å². The van der Waals surface area contributed by atoms with Crippen molar-refractivity contribution < 1.29 is 31.0 Å². The molecule has 0 bridgehead atoms. The number of benzene rings is 2. The number of aryl methyl sites for hydroxylation is 1. The third-order valence-corrected chi connectivity index (χ3v) is 7.36. The standard InChI is InChI=1S/C25H28N2O7S2.Na/c1-5-26-20-9-7-17(11-15(20)3)25(18-8-10-21(27-6-2)16(4)12-18)19-13-22(28)24(36(32,33)34)14-23(19)35(29,30)31;/h7-14,26,28H,5-6H2,1-4H3,(H,29,30,31)(H,32,33,34);/b25-18-,27-21?;. The van der Waals surface area contributed by atoms with E-state index in [0.29, 0.717) is 35.9 Å². The summed E-state index contributed by atoms with van der Waals surface area (Å²) in [6, 6.07) is 6.84. The van der Waals surface area contributed by atoms with Crippen LogP contribution in [0.5, 0.6) is 5.75 Å². The molecule has 0 aromatic heterocycles. The maximum absolute atomic E-state index is 12.4. The molecule has 0 fully saturated rings. The van der Waals surface area contributed by atoms with Crippen LogP contribution in [0, 0.1) is 6.92 Å². The summed E-state index contributed by atoms with van der Waals surface area (Å²) < 4.78 is 67.7. The minimum absolute atomic E-state index is 0. The van der Waals surface area contributed by atoms with Gasteiger partial charge >= 0.3 is 0 Å². The van der Waals surface area contributed by atoms with Crippen LogP contribution in [0.25, 0.3) is 5.57 Å². The zero-order chi connectivity index (χ0) is 26.8. The summed E-state index contributed by atoms with van der Waals surface area (Å²) in [6.07, 6.45) is 5.29. The van der Waals surface area contributed by atoms with Gasteiger partial charge in [0.05, 0.1) is 5.71 Å². The molecule has 1 aliphatic rings. The van der Waals surface area contributed by atoms with Gasteiger partial charge in [0, 0.05) is 53.9 Å². The molecule has 2 aromatic rings. The van der Waals surface area contributed by atoms with Gasteiger partial charge in [-0.25, -0.2) is 0 Å². The summed E-state index contributed by atoms with van der Waals surface area (Å²) >= 11 is 0. The smallest absolute Gasteiger partial charge is 0.298 e. The van der Waals surface area contributed by atoms with E-state index in [4.69, 9.17) is 0 Å². The third-order valence-electron chi connectivity index (χ3n) is 5.58. The zero-order valence-corrected chi connectivity index (χ0v) is 24.9. The molecule has 1 radical (unpaired) electrons. The van der Waals surface area contributed by atoms with Gasteiger partial charge in [-0.15, -0.1) is 0 Å². The second-order valence-corrected chi connectivity index (χ2v) is 11.0. The van der Waals surface area contributed by atoms with Crippen LogP contribution in [0.15, 0.2) is 74.5 Å². The molecule has 0 saturated carbocycles. The number of hydrogen-bond donors (Lipinski definition) is 4. The predicted molar refractivity (Wildman–Crippen MR) is 146 cm³/mol. The summed E-state index contributed by atoms with van der Waals surface area (Å²) in [6.45, 7) is 8.83. The van der Waals surface area contributed by atoms with Crippen LogP contribution in [0.2, 0.25) is 0 Å². The second kappa shape index (κ2) is 12.1. The first-order chi connectivity index (χ1) is 16.8. The number of hydrogen-bond acceptors (Lipinski definition) is 7. The fraction of sp³-hybridized carbons (Fsp3) is 0.240. The van der Waals surface area contributed by atoms with E-state index in [1.807, 2.05) is 39.8 Å². The van der Waals surface area contributed by atoms with Crippen LogP contribution in [0.4, 0.5) is 5.69 Å². The van der Waals surface area contributed by atoms with Gasteiger partial charge in [0.1, 0.15) is 15.5 Å². The second-order valence-electron chi connectivity index (χ2n) is 8.18. The molecule has 0 saturated heterocycles. The number of rotatable bonds is 7. The average Bonchev–Trinajstić information content (AvgIpc) is 2.76. The summed E-state index contributed by atoms with van der Waals surface area (Å²) in [5.41, 5.74) is 4.55. The number of phenolic OH excluding ortho intramolecular Hbond substituents is 1. The quantitative estimate of drug-likeness (QED) is 0.295. The Morgan fingerprint density at radius 2 is 1.59 bits per heavy atom. The minimum Gasteiger partial charge on any atom is -0.506 e. The summed E-state index contributed by atoms with van der Waals surface area (Å²) in [7, 11) is -9.97. The fourth-order valence-corrected chi connectivity index (χ4v) is 5.38. The SMILES string of the molecule is CCN=C1C=C/C(=C(\c2ccc(NCC)c(C)c2)c2cc(O)c(S(=O)(=O)O)cc2S(=O)(=O)O)C=C1C.[Na]. The van der Waals surface area contributed by atoms with E-state index in [1.165, 1.54) is 0 Å². The summed E-state index contributed by atoms with van der Waals surface area (Å²) in [5, 5.41) is 13.7. The Kier molecular flexibility index (Phi) is 10.1. The summed E-state index contributed by atoms with van der Waals surface area (Å²) in [4.78, 5) is 2.60. The van der Waals surface area contributed by atoms with Crippen molar-refractivity contribution in [2.75, 3.05) is 18.4 Å². The number of allylic oxidation sites excluding steroid dienone is 5. The molecule has 1 aliphatic carbocycles. The van der Waals surface area contributed by atoms with E-state index in [-0.39, 0.29) is 35.1 Å². The molecular formula is C25H28N2NaO7S2. The fourth-order valence-electron chi connectivity index (χ4n) is 4.01. The minimum atomic E-state index is -4.99. The Labute approximate surface area is 239 Å². The topological polar surface area (TPSA) is 153 Å². The van der Waals surface area contributed by atoms with Crippen molar-refractivity contribution in [3.05, 3.63) is 76.4 Å². The van der Waals surface area contributed by atoms with Crippen molar-refractivity contribution in [3.8, 4) is 5.75 Å². The van der Waals surface area contributed by atoms with Crippen molar-refractivity contribution in [3.63, 3.8) is 0 Å². The van der Waals surface area contributed by atoms with Gasteiger partial charge in [-0.3, -0.25) is 14.1 Å². The number of aliphatic imine (C=N–C) groups is 1. The molecule has 3 rings (SSSR count). The number of anilines is 1. The van der Waals surface area contributed by atoms with Gasteiger partial charge in [-0.1, -0.05) is 12.1 Å². The first-order valence-electron chi connectivity index (χ1n) is 11.1. The number of nitrogens with zero attached hydrogens (tertiary/aromatic N) is 1. The zero-order valence-electron chi connectivity index (χ0n) is 21.3. The van der Waals surface area contributed by atoms with E-state index in [9.17, 15) is 31.0 Å². The van der Waals surface area contributed by atoms with Crippen molar-refractivity contribution in [2.45, 2.75) is 37.5 Å². The maximum atomic E-state index is 12.4. The van der Waals surface area contributed by atoms with Crippen LogP contribution in [-0.2, 0) is 20.2 Å². The van der Waals surface area contributed by atoms with Gasteiger partial charge in [-0.2, -0.15) is 16.8 Å². The van der Waals surface area contributed by atoms with E-state index < -0.39 is 35.8 Å². The molecule has 4 N–H and O–H groups in total. The Hall–Kier alpha value is -2.25. The monoisotopic (exact) mass is 555 g/mol. The number of aromatic hydroxyl groups is 1. The first-order valence-corrected chi connectivity index (χ1v) is 14.0. The predicted octanol–water partition coefficient (Wildman–Crippen LogP) is 4.02. The van der Waals surface area contributed by atoms with Crippen LogP contribution in [-0.4, -0.2) is 79.4 Å². The molecule has 2 aromatic carbocycles. The van der Waals surface area contributed by atoms with Crippen LogP contribution < -0.4 is 5.32 Å². The van der Waals surface area contributed by atoms with Gasteiger partial charge in [0.2, 0.25) is 0 Å². The molecule has 0 aliphatic heterocycles. The van der Waals surface area contributed by atoms with Gasteiger partial charge < -0.3 is 10.4 Å². The van der Waals surface area contributed by atoms with E-state index in [0.717, 1.165) is 28.6 Å². The van der Waals surface area contributed by atoms with Crippen LogP contribution in [0.1, 0.15) is 37.5 Å². The molecular weight excluding hydrogens is 527 g/mol. The van der Waals surface area contributed by atoms with Gasteiger partial charge in [0.25, 0.3) is 20.2 Å². The molecule has 9 nitrogen and oxygen atoms in total. The summed E-state index contributed by atoms with van der Waals surface area (Å²) in [5.74, 6) is -0.868. The Morgan fingerprint density at radius 3 is 2.11 bits per heavy atom. The van der Waals surface area contributed by atoms with Crippen LogP contribution in [0.3, 0.4) is 0 Å². The number of nitrogens with one attached hydrogen (secondary N) is 1. The molecule has 0 amide bonds. The molecule has 193 valence electrons. The van der Waals surface area contributed by atoms with Crippen molar-refractivity contribution in [2.24, 2.45) is 4.99 Å². The maximum Gasteiger partial charge on any atom is 0.298 e. The van der Waals surface area contributed by atoms with Gasteiger partial charge in [0.15, 0.2) is 0 Å². The molecule has 0 unspecified atom stereocenters. The van der Waals surface area contributed by atoms with E-state index >= 15 is 0 Å². The molecule has 0 atom stereocenters. The molecule has 12 heteroatoms. The van der Waals surface area contributed by atoms with Crippen molar-refractivity contribution in [1.82, 2.24) is 0 Å². The number of phenols is 1.